The van der Waals surface area contributed by atoms with Crippen LogP contribution in [0.1, 0.15) is 66.9 Å². The van der Waals surface area contributed by atoms with E-state index in [2.05, 4.69) is 5.32 Å². The van der Waals surface area contributed by atoms with Gasteiger partial charge in [0.1, 0.15) is 5.75 Å². The van der Waals surface area contributed by atoms with E-state index in [0.717, 1.165) is 69.2 Å². The largest absolute Gasteiger partial charge is 0.508 e. The van der Waals surface area contributed by atoms with E-state index in [4.69, 9.17) is 9.88 Å². The Hall–Kier alpha value is -2.01. The molecule has 2 aromatic rings. The van der Waals surface area contributed by atoms with Crippen LogP contribution in [0.15, 0.2) is 41.3 Å². The number of aryl methyl sites for hydroxylation is 2. The summed E-state index contributed by atoms with van der Waals surface area (Å²) in [6.07, 6.45) is 6.15. The summed E-state index contributed by atoms with van der Waals surface area (Å²) in [6.45, 7) is 4.27. The molecule has 0 aliphatic carbocycles. The van der Waals surface area contributed by atoms with Gasteiger partial charge in [-0.1, -0.05) is 25.0 Å². The maximum atomic E-state index is 11.6. The summed E-state index contributed by atoms with van der Waals surface area (Å²) in [4.78, 5) is 0.170. The Morgan fingerprint density at radius 3 is 2.43 bits per heavy atom. The first kappa shape index (κ1) is 29.2. The van der Waals surface area contributed by atoms with Crippen molar-refractivity contribution in [2.24, 2.45) is 5.14 Å². The van der Waals surface area contributed by atoms with Crippen molar-refractivity contribution < 1.29 is 28.5 Å². The predicted octanol–water partition coefficient (Wildman–Crippen LogP) is 3.06. The zero-order valence-corrected chi connectivity index (χ0v) is 21.4. The van der Waals surface area contributed by atoms with Gasteiger partial charge in [-0.05, 0) is 86.5 Å². The Kier molecular flexibility index (Phi) is 12.7. The normalized spacial score (nSPS) is 12.7. The van der Waals surface area contributed by atoms with Gasteiger partial charge in [-0.15, -0.1) is 0 Å². The average molecular weight is 509 g/mol. The molecule has 0 heterocycles. The summed E-state index contributed by atoms with van der Waals surface area (Å²) < 4.78 is 28.8. The van der Waals surface area contributed by atoms with Crippen molar-refractivity contribution in [3.8, 4) is 5.75 Å². The Morgan fingerprint density at radius 2 is 1.71 bits per heavy atom. The number of aliphatic hydroxyl groups excluding tert-OH is 2. The van der Waals surface area contributed by atoms with Crippen LogP contribution in [0.5, 0.6) is 5.75 Å². The van der Waals surface area contributed by atoms with Gasteiger partial charge in [0.15, 0.2) is 0 Å². The van der Waals surface area contributed by atoms with Gasteiger partial charge in [0, 0.05) is 25.3 Å². The number of benzene rings is 2. The van der Waals surface area contributed by atoms with Crippen molar-refractivity contribution in [2.75, 3.05) is 26.3 Å². The van der Waals surface area contributed by atoms with Crippen molar-refractivity contribution in [1.29, 1.82) is 0 Å². The first-order valence-corrected chi connectivity index (χ1v) is 13.8. The third-order valence-electron chi connectivity index (χ3n) is 5.83. The highest BCUT2D eigenvalue weighted by molar-refractivity contribution is 7.89. The van der Waals surface area contributed by atoms with Gasteiger partial charge in [-0.2, -0.15) is 0 Å². The van der Waals surface area contributed by atoms with E-state index in [1.807, 2.05) is 13.0 Å². The molecule has 2 rings (SSSR count). The Balaban J connectivity index is 1.46. The number of nitrogens with one attached hydrogen (secondary N) is 1. The summed E-state index contributed by atoms with van der Waals surface area (Å²) in [5.74, 6) is 0.0311. The molecule has 8 nitrogen and oxygen atoms in total. The number of aromatic hydroxyl groups is 1. The molecule has 0 bridgehead atoms. The van der Waals surface area contributed by atoms with Crippen LogP contribution < -0.4 is 10.5 Å². The number of hydrogen-bond acceptors (Lipinski definition) is 7. The number of primary sulfonamides is 1. The lowest BCUT2D eigenvalue weighted by Gasteiger charge is -2.14. The smallest absolute Gasteiger partial charge is 0.238 e. The number of aliphatic hydroxyl groups is 2. The van der Waals surface area contributed by atoms with E-state index in [1.165, 1.54) is 6.07 Å². The second-order valence-electron chi connectivity index (χ2n) is 8.95. The van der Waals surface area contributed by atoms with E-state index in [9.17, 15) is 23.7 Å². The zero-order valence-electron chi connectivity index (χ0n) is 20.6. The molecule has 0 amide bonds. The topological polar surface area (TPSA) is 142 Å². The fourth-order valence-electron chi connectivity index (χ4n) is 3.87. The number of nitrogens with two attached hydrogens (primary N) is 1. The Labute approximate surface area is 209 Å². The number of rotatable bonds is 17. The SMILES string of the molecule is Cc1cc(CCCCOCCCCCCNC[C@H](O)c2ccc(O)c(CO)c2)cc(S(N)(=O)=O)c1. The van der Waals surface area contributed by atoms with Crippen LogP contribution in [-0.4, -0.2) is 50.0 Å². The molecule has 6 N–H and O–H groups in total. The highest BCUT2D eigenvalue weighted by atomic mass is 32.2. The Morgan fingerprint density at radius 1 is 1.00 bits per heavy atom. The number of unbranched alkanes of at least 4 members (excludes halogenated alkanes) is 4. The van der Waals surface area contributed by atoms with E-state index in [1.54, 1.807) is 24.3 Å². The van der Waals surface area contributed by atoms with Gasteiger partial charge in [0.05, 0.1) is 17.6 Å². The van der Waals surface area contributed by atoms with Gasteiger partial charge in [-0.3, -0.25) is 0 Å². The van der Waals surface area contributed by atoms with Crippen molar-refractivity contribution in [1.82, 2.24) is 5.32 Å². The van der Waals surface area contributed by atoms with Crippen molar-refractivity contribution in [3.05, 3.63) is 58.7 Å². The van der Waals surface area contributed by atoms with Gasteiger partial charge >= 0.3 is 0 Å². The molecule has 0 unspecified atom stereocenters. The van der Waals surface area contributed by atoms with Crippen molar-refractivity contribution >= 4 is 10.0 Å². The lowest BCUT2D eigenvalue weighted by Crippen LogP contribution is -2.22. The quantitative estimate of drug-likeness (QED) is 0.207. The van der Waals surface area contributed by atoms with Crippen LogP contribution in [0.25, 0.3) is 0 Å². The maximum Gasteiger partial charge on any atom is 0.238 e. The zero-order chi connectivity index (χ0) is 25.7. The minimum atomic E-state index is -3.68. The van der Waals surface area contributed by atoms with Crippen LogP contribution in [0, 0.1) is 6.92 Å². The van der Waals surface area contributed by atoms with E-state index in [-0.39, 0.29) is 17.3 Å². The van der Waals surface area contributed by atoms with E-state index >= 15 is 0 Å². The summed E-state index contributed by atoms with van der Waals surface area (Å²) >= 11 is 0. The fraction of sp³-hybridized carbons (Fsp3) is 0.538. The minimum Gasteiger partial charge on any atom is -0.508 e. The van der Waals surface area contributed by atoms with Crippen LogP contribution >= 0.6 is 0 Å². The van der Waals surface area contributed by atoms with Gasteiger partial charge < -0.3 is 25.4 Å². The molecule has 0 fully saturated rings. The van der Waals surface area contributed by atoms with E-state index in [0.29, 0.717) is 24.3 Å². The predicted molar refractivity (Wildman–Crippen MR) is 137 cm³/mol. The maximum absolute atomic E-state index is 11.6. The Bertz CT molecular complexity index is 1010. The summed E-state index contributed by atoms with van der Waals surface area (Å²) in [6, 6.07) is 10.0. The number of sulfonamides is 1. The molecule has 196 valence electrons. The summed E-state index contributed by atoms with van der Waals surface area (Å²) in [5.41, 5.74) is 2.95. The molecule has 2 aromatic carbocycles. The molecule has 0 radical (unpaired) electrons. The first-order valence-electron chi connectivity index (χ1n) is 12.2. The summed E-state index contributed by atoms with van der Waals surface area (Å²) in [7, 11) is -3.68. The molecule has 0 saturated carbocycles. The number of phenols is 1. The minimum absolute atomic E-state index is 0.0311. The second-order valence-corrected chi connectivity index (χ2v) is 10.5. The van der Waals surface area contributed by atoms with Crippen LogP contribution in [0.3, 0.4) is 0 Å². The summed E-state index contributed by atoms with van der Waals surface area (Å²) in [5, 5.41) is 37.5. The van der Waals surface area contributed by atoms with Crippen LogP contribution in [0.2, 0.25) is 0 Å². The average Bonchev–Trinajstić information content (AvgIpc) is 2.81. The molecule has 0 aliphatic heterocycles. The van der Waals surface area contributed by atoms with E-state index < -0.39 is 16.1 Å². The number of ether oxygens (including phenoxy) is 1. The van der Waals surface area contributed by atoms with Crippen molar-refractivity contribution in [3.63, 3.8) is 0 Å². The molecule has 0 aliphatic rings. The van der Waals surface area contributed by atoms with Crippen molar-refractivity contribution in [2.45, 2.75) is 69.5 Å². The third-order valence-corrected chi connectivity index (χ3v) is 6.72. The lowest BCUT2D eigenvalue weighted by molar-refractivity contribution is 0.126. The fourth-order valence-corrected chi connectivity index (χ4v) is 4.54. The second kappa shape index (κ2) is 15.2. The molecule has 0 aromatic heterocycles. The van der Waals surface area contributed by atoms with Gasteiger partial charge in [0.2, 0.25) is 10.0 Å². The molecular formula is C26H40N2O6S. The van der Waals surface area contributed by atoms with Gasteiger partial charge in [0.25, 0.3) is 0 Å². The molecule has 1 atom stereocenters. The highest BCUT2D eigenvalue weighted by Gasteiger charge is 2.11. The molecule has 9 heteroatoms. The third kappa shape index (κ3) is 11.1. The first-order chi connectivity index (χ1) is 16.7. The molecular weight excluding hydrogens is 468 g/mol. The lowest BCUT2D eigenvalue weighted by atomic mass is 10.1. The molecule has 0 saturated heterocycles. The highest BCUT2D eigenvalue weighted by Crippen LogP contribution is 2.22. The monoisotopic (exact) mass is 508 g/mol. The number of hydrogen-bond donors (Lipinski definition) is 5. The molecule has 35 heavy (non-hydrogen) atoms. The standard InChI is InChI=1S/C26H40N2O6S/c1-20-14-21(16-24(15-20)35(27,32)33)8-4-7-13-34-12-6-3-2-5-11-28-18-26(31)22-9-10-25(30)23(17-22)19-29/h9-10,14-17,26,28-31H,2-8,11-13,18-19H2,1H3,(H2,27,32,33)/t26-/m0/s1. The molecule has 0 spiro atoms. The van der Waals surface area contributed by atoms with Crippen LogP contribution in [0.4, 0.5) is 0 Å². The van der Waals surface area contributed by atoms with Crippen LogP contribution in [-0.2, 0) is 27.8 Å². The van der Waals surface area contributed by atoms with Gasteiger partial charge in [-0.25, -0.2) is 13.6 Å².